The van der Waals surface area contributed by atoms with Crippen molar-refractivity contribution in [2.75, 3.05) is 19.6 Å². The van der Waals surface area contributed by atoms with E-state index in [2.05, 4.69) is 10.6 Å². The molecular weight excluding hydrogens is 218 g/mol. The standard InChI is InChI=1S/C12H21N3O2/c1-9(12(17)14-10-4-5-10)13-8-11(16)15-6-2-3-7-15/h9-10,13H,2-8H2,1H3,(H,14,17). The van der Waals surface area contributed by atoms with Crippen molar-refractivity contribution < 1.29 is 9.59 Å². The molecule has 2 aliphatic rings. The van der Waals surface area contributed by atoms with Gasteiger partial charge in [0.15, 0.2) is 0 Å². The van der Waals surface area contributed by atoms with E-state index >= 15 is 0 Å². The van der Waals surface area contributed by atoms with E-state index < -0.39 is 0 Å². The molecule has 2 N–H and O–H groups in total. The van der Waals surface area contributed by atoms with Crippen molar-refractivity contribution >= 4 is 11.8 Å². The first-order chi connectivity index (χ1) is 8.16. The molecule has 0 aromatic carbocycles. The van der Waals surface area contributed by atoms with Crippen LogP contribution in [0.3, 0.4) is 0 Å². The van der Waals surface area contributed by atoms with Gasteiger partial charge < -0.3 is 10.2 Å². The highest BCUT2D eigenvalue weighted by molar-refractivity contribution is 5.83. The lowest BCUT2D eigenvalue weighted by Crippen LogP contribution is -2.47. The van der Waals surface area contributed by atoms with Gasteiger partial charge in [-0.1, -0.05) is 0 Å². The number of nitrogens with one attached hydrogen (secondary N) is 2. The van der Waals surface area contributed by atoms with Gasteiger partial charge in [0, 0.05) is 19.1 Å². The summed E-state index contributed by atoms with van der Waals surface area (Å²) in [5.74, 6) is 0.107. The van der Waals surface area contributed by atoms with Crippen molar-refractivity contribution in [1.29, 1.82) is 0 Å². The number of carbonyl (C=O) groups excluding carboxylic acids is 2. The smallest absolute Gasteiger partial charge is 0.237 e. The first-order valence-electron chi connectivity index (χ1n) is 6.48. The lowest BCUT2D eigenvalue weighted by atomic mass is 10.3. The summed E-state index contributed by atoms with van der Waals surface area (Å²) in [6.45, 7) is 3.79. The Balaban J connectivity index is 1.65. The summed E-state index contributed by atoms with van der Waals surface area (Å²) in [5, 5.41) is 5.91. The van der Waals surface area contributed by atoms with Gasteiger partial charge in [-0.25, -0.2) is 0 Å². The molecule has 1 atom stereocenters. The zero-order valence-corrected chi connectivity index (χ0v) is 10.4. The molecule has 17 heavy (non-hydrogen) atoms. The number of amides is 2. The second-order valence-corrected chi connectivity index (χ2v) is 4.97. The molecule has 0 aromatic heterocycles. The van der Waals surface area contributed by atoms with Crippen LogP contribution in [0.15, 0.2) is 0 Å². The van der Waals surface area contributed by atoms with Crippen LogP contribution in [0.1, 0.15) is 32.6 Å². The summed E-state index contributed by atoms with van der Waals surface area (Å²) in [4.78, 5) is 25.2. The molecular formula is C12H21N3O2. The molecule has 2 amide bonds. The molecule has 1 aliphatic carbocycles. The molecule has 1 aliphatic heterocycles. The third-order valence-corrected chi connectivity index (χ3v) is 3.34. The maximum atomic E-state index is 11.7. The van der Waals surface area contributed by atoms with E-state index in [0.29, 0.717) is 6.04 Å². The average molecular weight is 239 g/mol. The number of hydrogen-bond donors (Lipinski definition) is 2. The predicted molar refractivity (Wildman–Crippen MR) is 64.4 cm³/mol. The number of carbonyl (C=O) groups is 2. The highest BCUT2D eigenvalue weighted by Crippen LogP contribution is 2.18. The van der Waals surface area contributed by atoms with Crippen molar-refractivity contribution in [3.05, 3.63) is 0 Å². The molecule has 5 heteroatoms. The molecule has 1 unspecified atom stereocenters. The lowest BCUT2D eigenvalue weighted by Gasteiger charge is -2.18. The van der Waals surface area contributed by atoms with E-state index in [9.17, 15) is 9.59 Å². The van der Waals surface area contributed by atoms with Crippen molar-refractivity contribution in [2.24, 2.45) is 0 Å². The fourth-order valence-electron chi connectivity index (χ4n) is 1.97. The SMILES string of the molecule is CC(NCC(=O)N1CCCC1)C(=O)NC1CC1. The molecule has 1 saturated heterocycles. The van der Waals surface area contributed by atoms with E-state index in [1.807, 2.05) is 4.90 Å². The molecule has 1 heterocycles. The van der Waals surface area contributed by atoms with Crippen molar-refractivity contribution in [2.45, 2.75) is 44.7 Å². The highest BCUT2D eigenvalue weighted by atomic mass is 16.2. The first kappa shape index (κ1) is 12.4. The molecule has 96 valence electrons. The summed E-state index contributed by atoms with van der Waals surface area (Å²) < 4.78 is 0. The van der Waals surface area contributed by atoms with E-state index in [0.717, 1.165) is 38.8 Å². The minimum atomic E-state index is -0.290. The summed E-state index contributed by atoms with van der Waals surface area (Å²) in [6, 6.07) is 0.0863. The van der Waals surface area contributed by atoms with Crippen LogP contribution in [-0.4, -0.2) is 48.4 Å². The van der Waals surface area contributed by atoms with Gasteiger partial charge in [-0.05, 0) is 32.6 Å². The molecule has 0 radical (unpaired) electrons. The second-order valence-electron chi connectivity index (χ2n) is 4.97. The van der Waals surface area contributed by atoms with Gasteiger partial charge in [0.05, 0.1) is 12.6 Å². The average Bonchev–Trinajstić information content (AvgIpc) is 2.96. The van der Waals surface area contributed by atoms with Crippen LogP contribution in [-0.2, 0) is 9.59 Å². The Bertz CT molecular complexity index is 296. The Morgan fingerprint density at radius 3 is 2.53 bits per heavy atom. The highest BCUT2D eigenvalue weighted by Gasteiger charge is 2.26. The Kier molecular flexibility index (Phi) is 3.99. The minimum Gasteiger partial charge on any atom is -0.352 e. The molecule has 0 spiro atoms. The van der Waals surface area contributed by atoms with E-state index in [1.54, 1.807) is 6.92 Å². The van der Waals surface area contributed by atoms with Gasteiger partial charge in [-0.2, -0.15) is 0 Å². The van der Waals surface area contributed by atoms with E-state index in [-0.39, 0.29) is 24.4 Å². The largest absolute Gasteiger partial charge is 0.352 e. The molecule has 5 nitrogen and oxygen atoms in total. The van der Waals surface area contributed by atoms with Gasteiger partial charge >= 0.3 is 0 Å². The summed E-state index contributed by atoms with van der Waals surface area (Å²) >= 11 is 0. The fraction of sp³-hybridized carbons (Fsp3) is 0.833. The number of likely N-dealkylation sites (tertiary alicyclic amines) is 1. The summed E-state index contributed by atoms with van der Waals surface area (Å²) in [5.41, 5.74) is 0. The zero-order valence-electron chi connectivity index (χ0n) is 10.4. The van der Waals surface area contributed by atoms with E-state index in [1.165, 1.54) is 0 Å². The van der Waals surface area contributed by atoms with Crippen molar-refractivity contribution in [1.82, 2.24) is 15.5 Å². The van der Waals surface area contributed by atoms with Crippen LogP contribution < -0.4 is 10.6 Å². The monoisotopic (exact) mass is 239 g/mol. The van der Waals surface area contributed by atoms with Crippen molar-refractivity contribution in [3.8, 4) is 0 Å². The van der Waals surface area contributed by atoms with Gasteiger partial charge in [-0.15, -0.1) is 0 Å². The van der Waals surface area contributed by atoms with E-state index in [4.69, 9.17) is 0 Å². The van der Waals surface area contributed by atoms with Crippen LogP contribution in [0, 0.1) is 0 Å². The van der Waals surface area contributed by atoms with Gasteiger partial charge in [0.2, 0.25) is 11.8 Å². The number of nitrogens with zero attached hydrogens (tertiary/aromatic N) is 1. The molecule has 1 saturated carbocycles. The van der Waals surface area contributed by atoms with Crippen LogP contribution in [0.2, 0.25) is 0 Å². The zero-order chi connectivity index (χ0) is 12.3. The lowest BCUT2D eigenvalue weighted by molar-refractivity contribution is -0.129. The van der Waals surface area contributed by atoms with Gasteiger partial charge in [0.1, 0.15) is 0 Å². The molecule has 2 rings (SSSR count). The Morgan fingerprint density at radius 1 is 1.29 bits per heavy atom. The summed E-state index contributed by atoms with van der Waals surface area (Å²) in [6.07, 6.45) is 4.38. The topological polar surface area (TPSA) is 61.4 Å². The van der Waals surface area contributed by atoms with Crippen LogP contribution >= 0.6 is 0 Å². The Hall–Kier alpha value is -1.10. The first-order valence-corrected chi connectivity index (χ1v) is 6.48. The molecule has 2 fully saturated rings. The second kappa shape index (κ2) is 5.49. The van der Waals surface area contributed by atoms with Gasteiger partial charge in [0.25, 0.3) is 0 Å². The number of rotatable bonds is 5. The molecule has 0 bridgehead atoms. The maximum Gasteiger partial charge on any atom is 0.237 e. The predicted octanol–water partition coefficient (Wildman–Crippen LogP) is -0.134. The van der Waals surface area contributed by atoms with Crippen LogP contribution in [0.25, 0.3) is 0 Å². The molecule has 0 aromatic rings. The maximum absolute atomic E-state index is 11.7. The fourth-order valence-corrected chi connectivity index (χ4v) is 1.97. The Morgan fingerprint density at radius 2 is 1.94 bits per heavy atom. The quantitative estimate of drug-likeness (QED) is 0.702. The Labute approximate surface area is 102 Å². The van der Waals surface area contributed by atoms with Gasteiger partial charge in [-0.3, -0.25) is 14.9 Å². The van der Waals surface area contributed by atoms with Crippen molar-refractivity contribution in [3.63, 3.8) is 0 Å². The third kappa shape index (κ3) is 3.70. The third-order valence-electron chi connectivity index (χ3n) is 3.34. The van der Waals surface area contributed by atoms with Crippen LogP contribution in [0.4, 0.5) is 0 Å². The van der Waals surface area contributed by atoms with Crippen LogP contribution in [0.5, 0.6) is 0 Å². The number of hydrogen-bond acceptors (Lipinski definition) is 3. The minimum absolute atomic E-state index is 0.00159. The normalized spacial score (nSPS) is 21.4. The summed E-state index contributed by atoms with van der Waals surface area (Å²) in [7, 11) is 0.